The Morgan fingerprint density at radius 3 is 2.67 bits per heavy atom. The minimum Gasteiger partial charge on any atom is -0.383 e. The van der Waals surface area contributed by atoms with Gasteiger partial charge in [0.05, 0.1) is 10.9 Å². The topological polar surface area (TPSA) is 119 Å². The van der Waals surface area contributed by atoms with Gasteiger partial charge in [-0.25, -0.2) is 15.0 Å². The minimum absolute atomic E-state index is 0.0385. The van der Waals surface area contributed by atoms with Gasteiger partial charge in [-0.3, -0.25) is 9.59 Å². The van der Waals surface area contributed by atoms with Crippen molar-refractivity contribution in [3.8, 4) is 11.1 Å². The molecule has 2 aliphatic rings. The molecule has 1 aliphatic heterocycles. The molecule has 194 valence electrons. The van der Waals surface area contributed by atoms with Gasteiger partial charge in [0.25, 0.3) is 0 Å². The van der Waals surface area contributed by atoms with Crippen LogP contribution in [0, 0.1) is 5.92 Å². The van der Waals surface area contributed by atoms with E-state index in [1.54, 1.807) is 23.1 Å². The summed E-state index contributed by atoms with van der Waals surface area (Å²) >= 11 is 3.34. The summed E-state index contributed by atoms with van der Waals surface area (Å²) in [7, 11) is 0. The Bertz CT molecular complexity index is 1770. The normalized spacial score (nSPS) is 19.8. The van der Waals surface area contributed by atoms with Crippen molar-refractivity contribution >= 4 is 61.3 Å². The van der Waals surface area contributed by atoms with Gasteiger partial charge in [-0.15, -0.1) is 0 Å². The van der Waals surface area contributed by atoms with Crippen LogP contribution in [0.4, 0.5) is 11.6 Å². The lowest BCUT2D eigenvalue weighted by Crippen LogP contribution is -2.46. The van der Waals surface area contributed by atoms with Crippen molar-refractivity contribution in [2.45, 2.75) is 31.5 Å². The van der Waals surface area contributed by atoms with Crippen LogP contribution in [-0.2, 0) is 16.1 Å². The second-order valence-electron chi connectivity index (χ2n) is 10.1. The summed E-state index contributed by atoms with van der Waals surface area (Å²) in [5.41, 5.74) is 9.83. The van der Waals surface area contributed by atoms with E-state index in [2.05, 4.69) is 42.3 Å². The molecule has 4 heterocycles. The number of likely N-dealkylation sites (tertiary alicyclic amines) is 1. The highest BCUT2D eigenvalue weighted by molar-refractivity contribution is 9.10. The predicted molar refractivity (Wildman–Crippen MR) is 153 cm³/mol. The third-order valence-electron chi connectivity index (χ3n) is 7.73. The lowest BCUT2D eigenvalue weighted by atomic mass is 10.0. The lowest BCUT2D eigenvalue weighted by Gasteiger charge is -2.27. The van der Waals surface area contributed by atoms with E-state index in [0.29, 0.717) is 34.2 Å². The van der Waals surface area contributed by atoms with Gasteiger partial charge in [-0.2, -0.15) is 0 Å². The standard InChI is InChI=1S/C29H24BrN7O2/c30-23-7-4-8-24(34-23)35-29(39)22-13-18-12-20(18)37(22)25(38)14-36-21-11-17(16-5-2-1-3-6-16)9-10-19(21)26-27(31)32-15-33-28(26)36/h1-11,15,18,20,22H,12-14H2,(H2,31,32,33)(H,34,35,39)/t18-,20-,22+/m1/s1. The molecule has 3 N–H and O–H groups in total. The average Bonchev–Trinajstić information content (AvgIpc) is 3.49. The first kappa shape index (κ1) is 23.8. The molecule has 3 atom stereocenters. The van der Waals surface area contributed by atoms with E-state index in [9.17, 15) is 9.59 Å². The van der Waals surface area contributed by atoms with Crippen LogP contribution in [0.2, 0.25) is 0 Å². The van der Waals surface area contributed by atoms with Crippen LogP contribution >= 0.6 is 15.9 Å². The molecule has 2 aromatic carbocycles. The number of nitrogens with two attached hydrogens (primary N) is 1. The molecular formula is C29H24BrN7O2. The van der Waals surface area contributed by atoms with E-state index in [1.165, 1.54) is 6.33 Å². The van der Waals surface area contributed by atoms with Crippen LogP contribution in [0.3, 0.4) is 0 Å². The fraction of sp³-hybridized carbons (Fsp3) is 0.207. The van der Waals surface area contributed by atoms with Gasteiger partial charge >= 0.3 is 0 Å². The molecule has 0 radical (unpaired) electrons. The number of nitrogens with zero attached hydrogens (tertiary/aromatic N) is 5. The number of piperidine rings is 1. The number of amides is 2. The van der Waals surface area contributed by atoms with Gasteiger partial charge in [0.15, 0.2) is 0 Å². The van der Waals surface area contributed by atoms with Crippen molar-refractivity contribution in [2.24, 2.45) is 5.92 Å². The molecule has 0 spiro atoms. The first-order chi connectivity index (χ1) is 19.0. The van der Waals surface area contributed by atoms with Crippen LogP contribution in [0.5, 0.6) is 0 Å². The molecule has 2 amide bonds. The third kappa shape index (κ3) is 4.11. The SMILES string of the molecule is Nc1ncnc2c1c1ccc(-c3ccccc3)cc1n2CC(=O)N1[C@@H]2C[C@@H]2C[C@H]1C(=O)Nc1cccc(Br)n1. The van der Waals surface area contributed by atoms with Gasteiger partial charge in [-0.1, -0.05) is 48.5 Å². The summed E-state index contributed by atoms with van der Waals surface area (Å²) in [4.78, 5) is 42.0. The molecular weight excluding hydrogens is 558 g/mol. The molecule has 0 unspecified atom stereocenters. The first-order valence-corrected chi connectivity index (χ1v) is 13.6. The fourth-order valence-corrected chi connectivity index (χ4v) is 6.20. The molecule has 1 aliphatic carbocycles. The molecule has 1 saturated carbocycles. The van der Waals surface area contributed by atoms with Crippen molar-refractivity contribution in [1.82, 2.24) is 24.4 Å². The average molecular weight is 582 g/mol. The maximum absolute atomic E-state index is 13.9. The number of carbonyl (C=O) groups is 2. The van der Waals surface area contributed by atoms with E-state index in [4.69, 9.17) is 5.73 Å². The summed E-state index contributed by atoms with van der Waals surface area (Å²) in [6, 6.07) is 21.1. The van der Waals surface area contributed by atoms with Crippen LogP contribution in [0.15, 0.2) is 77.7 Å². The number of anilines is 2. The van der Waals surface area contributed by atoms with Crippen molar-refractivity contribution < 1.29 is 9.59 Å². The van der Waals surface area contributed by atoms with E-state index in [-0.39, 0.29) is 24.4 Å². The van der Waals surface area contributed by atoms with E-state index in [0.717, 1.165) is 33.8 Å². The summed E-state index contributed by atoms with van der Waals surface area (Å²) in [5, 5.41) is 4.49. The van der Waals surface area contributed by atoms with Gasteiger partial charge < -0.3 is 20.5 Å². The van der Waals surface area contributed by atoms with Gasteiger partial charge in [0.1, 0.15) is 40.8 Å². The molecule has 3 aromatic heterocycles. The smallest absolute Gasteiger partial charge is 0.248 e. The number of aromatic nitrogens is 4. The summed E-state index contributed by atoms with van der Waals surface area (Å²) in [6.45, 7) is 0.0385. The Labute approximate surface area is 232 Å². The third-order valence-corrected chi connectivity index (χ3v) is 8.17. The Hall–Kier alpha value is -4.31. The molecule has 9 nitrogen and oxygen atoms in total. The Balaban J connectivity index is 1.25. The number of nitrogen functional groups attached to an aromatic ring is 1. The molecule has 39 heavy (non-hydrogen) atoms. The summed E-state index contributed by atoms with van der Waals surface area (Å²) < 4.78 is 2.53. The van der Waals surface area contributed by atoms with Crippen molar-refractivity contribution in [1.29, 1.82) is 0 Å². The second kappa shape index (κ2) is 9.16. The number of pyridine rings is 1. The van der Waals surface area contributed by atoms with Gasteiger partial charge in [0.2, 0.25) is 11.8 Å². The number of halogens is 1. The minimum atomic E-state index is -0.547. The quantitative estimate of drug-likeness (QED) is 0.292. The zero-order chi connectivity index (χ0) is 26.7. The summed E-state index contributed by atoms with van der Waals surface area (Å²) in [5.74, 6) is 0.821. The van der Waals surface area contributed by atoms with Crippen LogP contribution in [-0.4, -0.2) is 48.3 Å². The second-order valence-corrected chi connectivity index (χ2v) is 10.9. The van der Waals surface area contributed by atoms with Gasteiger partial charge in [0, 0.05) is 11.4 Å². The van der Waals surface area contributed by atoms with Crippen molar-refractivity contribution in [3.05, 3.63) is 77.7 Å². The number of hydrogen-bond donors (Lipinski definition) is 2. The number of nitrogens with one attached hydrogen (secondary N) is 1. The largest absolute Gasteiger partial charge is 0.383 e. The lowest BCUT2D eigenvalue weighted by molar-refractivity contribution is -0.138. The summed E-state index contributed by atoms with van der Waals surface area (Å²) in [6.07, 6.45) is 2.99. The highest BCUT2D eigenvalue weighted by atomic mass is 79.9. The molecule has 10 heteroatoms. The highest BCUT2D eigenvalue weighted by Crippen LogP contribution is 2.48. The van der Waals surface area contributed by atoms with Crippen LogP contribution < -0.4 is 11.1 Å². The van der Waals surface area contributed by atoms with Crippen LogP contribution in [0.1, 0.15) is 12.8 Å². The van der Waals surface area contributed by atoms with Crippen LogP contribution in [0.25, 0.3) is 33.1 Å². The van der Waals surface area contributed by atoms with E-state index in [1.807, 2.05) is 47.0 Å². The Kier molecular flexibility index (Phi) is 5.59. The molecule has 1 saturated heterocycles. The number of rotatable bonds is 5. The zero-order valence-corrected chi connectivity index (χ0v) is 22.4. The number of benzene rings is 2. The predicted octanol–water partition coefficient (Wildman–Crippen LogP) is 4.62. The molecule has 2 fully saturated rings. The maximum Gasteiger partial charge on any atom is 0.248 e. The van der Waals surface area contributed by atoms with Crippen molar-refractivity contribution in [2.75, 3.05) is 11.1 Å². The van der Waals surface area contributed by atoms with Gasteiger partial charge in [-0.05, 0) is 64.0 Å². The first-order valence-electron chi connectivity index (χ1n) is 12.8. The monoisotopic (exact) mass is 581 g/mol. The number of carbonyl (C=O) groups excluding carboxylic acids is 2. The Morgan fingerprint density at radius 2 is 1.85 bits per heavy atom. The number of hydrogen-bond acceptors (Lipinski definition) is 6. The molecule has 7 rings (SSSR count). The maximum atomic E-state index is 13.9. The zero-order valence-electron chi connectivity index (χ0n) is 20.8. The van der Waals surface area contributed by atoms with E-state index >= 15 is 0 Å². The van der Waals surface area contributed by atoms with E-state index < -0.39 is 6.04 Å². The number of fused-ring (bicyclic) bond motifs is 4. The highest BCUT2D eigenvalue weighted by Gasteiger charge is 2.56. The Morgan fingerprint density at radius 1 is 1.00 bits per heavy atom. The fourth-order valence-electron chi connectivity index (χ4n) is 5.86. The molecule has 0 bridgehead atoms. The molecule has 5 aromatic rings. The van der Waals surface area contributed by atoms with Crippen molar-refractivity contribution in [3.63, 3.8) is 0 Å².